The predicted octanol–water partition coefficient (Wildman–Crippen LogP) is 1.30. The maximum absolute atomic E-state index is 13.6. The van der Waals surface area contributed by atoms with Crippen molar-refractivity contribution in [2.24, 2.45) is 0 Å². The molecule has 0 aromatic heterocycles. The van der Waals surface area contributed by atoms with Gasteiger partial charge in [0.25, 0.3) is 0 Å². The normalized spacial score (nSPS) is 17.6. The molecule has 2 N–H and O–H groups in total. The number of rotatable bonds is 3. The van der Waals surface area contributed by atoms with Gasteiger partial charge in [0.2, 0.25) is 10.0 Å². The van der Waals surface area contributed by atoms with Crippen LogP contribution in [0.3, 0.4) is 0 Å². The van der Waals surface area contributed by atoms with Gasteiger partial charge in [0, 0.05) is 12.1 Å². The molecule has 4 nitrogen and oxygen atoms in total. The van der Waals surface area contributed by atoms with Crippen LogP contribution in [0.2, 0.25) is 0 Å². The first-order valence-corrected chi connectivity index (χ1v) is 7.57. The summed E-state index contributed by atoms with van der Waals surface area (Å²) in [6.45, 7) is 2.84. The molecule has 106 valence electrons. The number of benzene rings is 1. The number of piperidine rings is 1. The van der Waals surface area contributed by atoms with Crippen LogP contribution in [0.25, 0.3) is 0 Å². The lowest BCUT2D eigenvalue weighted by atomic mass is 10.1. The molecule has 1 aliphatic heterocycles. The fourth-order valence-corrected chi connectivity index (χ4v) is 3.51. The third kappa shape index (κ3) is 3.29. The Morgan fingerprint density at radius 2 is 1.84 bits per heavy atom. The quantitative estimate of drug-likeness (QED) is 0.882. The molecule has 2 rings (SSSR count). The Hall–Kier alpha value is -1.05. The Labute approximate surface area is 111 Å². The number of aryl methyl sites for hydroxylation is 1. The van der Waals surface area contributed by atoms with Gasteiger partial charge in [0.05, 0.1) is 0 Å². The average molecular weight is 290 g/mol. The summed E-state index contributed by atoms with van der Waals surface area (Å²) in [5.41, 5.74) is 0.104. The molecule has 1 fully saturated rings. The number of halogens is 2. The van der Waals surface area contributed by atoms with Gasteiger partial charge in [-0.3, -0.25) is 0 Å². The minimum atomic E-state index is -3.95. The predicted molar refractivity (Wildman–Crippen MR) is 67.3 cm³/mol. The maximum Gasteiger partial charge on any atom is 0.243 e. The molecule has 1 aromatic carbocycles. The van der Waals surface area contributed by atoms with E-state index in [1.165, 1.54) is 6.92 Å². The molecule has 0 bridgehead atoms. The van der Waals surface area contributed by atoms with Crippen molar-refractivity contribution in [1.29, 1.82) is 0 Å². The fourth-order valence-electron chi connectivity index (χ4n) is 2.06. The second-order valence-corrected chi connectivity index (χ2v) is 6.36. The standard InChI is InChI=1S/C12H16F2N2O2S/c1-8-6-12(11(14)7-10(8)13)19(17,18)16-9-2-4-15-5-3-9/h6-7,9,15-16H,2-5H2,1H3. The minimum absolute atomic E-state index is 0.104. The van der Waals surface area contributed by atoms with Crippen LogP contribution in [-0.4, -0.2) is 27.5 Å². The molecular weight excluding hydrogens is 274 g/mol. The largest absolute Gasteiger partial charge is 0.317 e. The molecule has 0 radical (unpaired) electrons. The molecule has 1 aromatic rings. The summed E-state index contributed by atoms with van der Waals surface area (Å²) in [5.74, 6) is -1.82. The van der Waals surface area contributed by atoms with E-state index in [9.17, 15) is 17.2 Å². The lowest BCUT2D eigenvalue weighted by Crippen LogP contribution is -2.42. The summed E-state index contributed by atoms with van der Waals surface area (Å²) in [5, 5.41) is 3.11. The van der Waals surface area contributed by atoms with Gasteiger partial charge in [0.15, 0.2) is 0 Å². The smallest absolute Gasteiger partial charge is 0.243 e. The second-order valence-electron chi connectivity index (χ2n) is 4.68. The van der Waals surface area contributed by atoms with Crippen molar-refractivity contribution in [2.45, 2.75) is 30.7 Å². The number of hydrogen-bond acceptors (Lipinski definition) is 3. The molecule has 0 amide bonds. The monoisotopic (exact) mass is 290 g/mol. The van der Waals surface area contributed by atoms with E-state index in [1.807, 2.05) is 0 Å². The third-order valence-corrected chi connectivity index (χ3v) is 4.70. The topological polar surface area (TPSA) is 58.2 Å². The average Bonchev–Trinajstić information content (AvgIpc) is 2.34. The number of hydrogen-bond donors (Lipinski definition) is 2. The van der Waals surface area contributed by atoms with Crippen LogP contribution in [0.5, 0.6) is 0 Å². The summed E-state index contributed by atoms with van der Waals surface area (Å²) in [7, 11) is -3.95. The van der Waals surface area contributed by atoms with Crippen LogP contribution in [0.15, 0.2) is 17.0 Å². The SMILES string of the molecule is Cc1cc(S(=O)(=O)NC2CCNCC2)c(F)cc1F. The first-order chi connectivity index (χ1) is 8.90. The minimum Gasteiger partial charge on any atom is -0.317 e. The van der Waals surface area contributed by atoms with E-state index in [0.717, 1.165) is 19.2 Å². The van der Waals surface area contributed by atoms with E-state index in [-0.39, 0.29) is 11.6 Å². The highest BCUT2D eigenvalue weighted by Crippen LogP contribution is 2.20. The van der Waals surface area contributed by atoms with E-state index < -0.39 is 26.6 Å². The first-order valence-electron chi connectivity index (χ1n) is 6.09. The van der Waals surface area contributed by atoms with Gasteiger partial charge in [0.1, 0.15) is 16.5 Å². The van der Waals surface area contributed by atoms with Crippen molar-refractivity contribution in [2.75, 3.05) is 13.1 Å². The van der Waals surface area contributed by atoms with Gasteiger partial charge in [-0.25, -0.2) is 21.9 Å². The van der Waals surface area contributed by atoms with E-state index in [4.69, 9.17) is 0 Å². The van der Waals surface area contributed by atoms with Gasteiger partial charge in [-0.05, 0) is 44.5 Å². The molecule has 0 saturated carbocycles. The van der Waals surface area contributed by atoms with Crippen molar-refractivity contribution in [3.05, 3.63) is 29.3 Å². The van der Waals surface area contributed by atoms with Crippen LogP contribution >= 0.6 is 0 Å². The fraction of sp³-hybridized carbons (Fsp3) is 0.500. The van der Waals surface area contributed by atoms with Crippen LogP contribution in [-0.2, 0) is 10.0 Å². The molecule has 0 spiro atoms. The molecule has 1 saturated heterocycles. The Morgan fingerprint density at radius 1 is 1.21 bits per heavy atom. The Kier molecular flexibility index (Phi) is 4.17. The lowest BCUT2D eigenvalue weighted by molar-refractivity contribution is 0.425. The van der Waals surface area contributed by atoms with Gasteiger partial charge in [-0.15, -0.1) is 0 Å². The zero-order valence-corrected chi connectivity index (χ0v) is 11.4. The van der Waals surface area contributed by atoms with Gasteiger partial charge < -0.3 is 5.32 Å². The van der Waals surface area contributed by atoms with Gasteiger partial charge in [-0.1, -0.05) is 0 Å². The number of sulfonamides is 1. The summed E-state index contributed by atoms with van der Waals surface area (Å²) in [4.78, 5) is -0.495. The second kappa shape index (κ2) is 5.52. The maximum atomic E-state index is 13.6. The van der Waals surface area contributed by atoms with Crippen LogP contribution in [0.4, 0.5) is 8.78 Å². The zero-order chi connectivity index (χ0) is 14.0. The third-order valence-electron chi connectivity index (χ3n) is 3.16. The Balaban J connectivity index is 2.26. The summed E-state index contributed by atoms with van der Waals surface area (Å²) < 4.78 is 53.4. The van der Waals surface area contributed by atoms with Crippen LogP contribution in [0.1, 0.15) is 18.4 Å². The van der Waals surface area contributed by atoms with Crippen LogP contribution in [0, 0.1) is 18.6 Å². The van der Waals surface area contributed by atoms with Gasteiger partial charge in [-0.2, -0.15) is 0 Å². The molecule has 1 heterocycles. The highest BCUT2D eigenvalue weighted by atomic mass is 32.2. The van der Waals surface area contributed by atoms with Crippen LogP contribution < -0.4 is 10.0 Å². The van der Waals surface area contributed by atoms with Crippen molar-refractivity contribution < 1.29 is 17.2 Å². The summed E-state index contributed by atoms with van der Waals surface area (Å²) in [6.07, 6.45) is 1.31. The van der Waals surface area contributed by atoms with E-state index in [0.29, 0.717) is 18.9 Å². The van der Waals surface area contributed by atoms with Crippen molar-refractivity contribution >= 4 is 10.0 Å². The summed E-state index contributed by atoms with van der Waals surface area (Å²) in [6, 6.07) is 1.41. The molecule has 0 unspecified atom stereocenters. The van der Waals surface area contributed by atoms with Crippen molar-refractivity contribution in [3.63, 3.8) is 0 Å². The highest BCUT2D eigenvalue weighted by molar-refractivity contribution is 7.89. The van der Waals surface area contributed by atoms with E-state index in [1.54, 1.807) is 0 Å². The first kappa shape index (κ1) is 14.4. The molecule has 0 aliphatic carbocycles. The molecule has 1 aliphatic rings. The van der Waals surface area contributed by atoms with Gasteiger partial charge >= 0.3 is 0 Å². The van der Waals surface area contributed by atoms with Crippen molar-refractivity contribution in [1.82, 2.24) is 10.0 Å². The number of nitrogens with one attached hydrogen (secondary N) is 2. The highest BCUT2D eigenvalue weighted by Gasteiger charge is 2.25. The molecular formula is C12H16F2N2O2S. The molecule has 19 heavy (non-hydrogen) atoms. The van der Waals surface area contributed by atoms with E-state index in [2.05, 4.69) is 10.0 Å². The Bertz CT molecular complexity index is 569. The molecule has 7 heteroatoms. The van der Waals surface area contributed by atoms with Crippen molar-refractivity contribution in [3.8, 4) is 0 Å². The molecule has 0 atom stereocenters. The van der Waals surface area contributed by atoms with E-state index >= 15 is 0 Å². The summed E-state index contributed by atoms with van der Waals surface area (Å²) >= 11 is 0. The zero-order valence-electron chi connectivity index (χ0n) is 10.5. The lowest BCUT2D eigenvalue weighted by Gasteiger charge is -2.23. The Morgan fingerprint density at radius 3 is 2.47 bits per heavy atom.